The van der Waals surface area contributed by atoms with Crippen LogP contribution in [-0.4, -0.2) is 12.1 Å². The van der Waals surface area contributed by atoms with Crippen LogP contribution >= 0.6 is 0 Å². The second-order valence-electron chi connectivity index (χ2n) is 5.22. The predicted octanol–water partition coefficient (Wildman–Crippen LogP) is 3.09. The normalized spacial score (nSPS) is 24.9. The quantitative estimate of drug-likeness (QED) is 0.870. The highest BCUT2D eigenvalue weighted by Gasteiger charge is 2.19. The first-order valence-electron chi connectivity index (χ1n) is 6.59. The van der Waals surface area contributed by atoms with Crippen LogP contribution in [0.2, 0.25) is 0 Å². The summed E-state index contributed by atoms with van der Waals surface area (Å²) in [4.78, 5) is 0. The molecule has 1 aromatic carbocycles. The van der Waals surface area contributed by atoms with Crippen LogP contribution in [0.4, 0.5) is 0 Å². The van der Waals surface area contributed by atoms with E-state index in [-0.39, 0.29) is 0 Å². The minimum Gasteiger partial charge on any atom is -0.374 e. The van der Waals surface area contributed by atoms with Gasteiger partial charge in [-0.15, -0.1) is 0 Å². The molecule has 94 valence electrons. The van der Waals surface area contributed by atoms with E-state index < -0.39 is 0 Å². The van der Waals surface area contributed by atoms with Crippen molar-refractivity contribution in [3.8, 4) is 0 Å². The van der Waals surface area contributed by atoms with Crippen molar-refractivity contribution >= 4 is 0 Å². The maximum absolute atomic E-state index is 6.02. The number of rotatable bonds is 3. The standard InChI is InChI=1S/C15H23NO/c1-11-4-3-5-12(2)15(11)10-17-14-8-6-13(16)7-9-14/h3-5,13-14H,6-10,16H2,1-2H3. The maximum atomic E-state index is 6.02. The summed E-state index contributed by atoms with van der Waals surface area (Å²) in [6.45, 7) is 5.06. The second kappa shape index (κ2) is 5.65. The molecule has 1 fully saturated rings. The van der Waals surface area contributed by atoms with Crippen molar-refractivity contribution in [2.24, 2.45) is 5.73 Å². The lowest BCUT2D eigenvalue weighted by atomic mass is 9.93. The topological polar surface area (TPSA) is 35.2 Å². The molecule has 17 heavy (non-hydrogen) atoms. The van der Waals surface area contributed by atoms with Crippen LogP contribution in [0.5, 0.6) is 0 Å². The molecule has 0 radical (unpaired) electrons. The van der Waals surface area contributed by atoms with E-state index in [1.807, 2.05) is 0 Å². The highest BCUT2D eigenvalue weighted by molar-refractivity contribution is 5.32. The van der Waals surface area contributed by atoms with E-state index in [4.69, 9.17) is 10.5 Å². The van der Waals surface area contributed by atoms with Crippen LogP contribution in [0.3, 0.4) is 0 Å². The van der Waals surface area contributed by atoms with Crippen molar-refractivity contribution in [3.05, 3.63) is 34.9 Å². The Morgan fingerprint density at radius 2 is 1.71 bits per heavy atom. The number of nitrogens with two attached hydrogens (primary N) is 1. The molecular weight excluding hydrogens is 210 g/mol. The molecule has 1 aliphatic rings. The first-order chi connectivity index (χ1) is 8.16. The average molecular weight is 233 g/mol. The third-order valence-electron chi connectivity index (χ3n) is 3.83. The summed E-state index contributed by atoms with van der Waals surface area (Å²) in [6.07, 6.45) is 4.86. The van der Waals surface area contributed by atoms with Gasteiger partial charge in [-0.05, 0) is 56.2 Å². The summed E-state index contributed by atoms with van der Waals surface area (Å²) in [7, 11) is 0. The number of aryl methyl sites for hydroxylation is 2. The molecule has 2 heteroatoms. The summed E-state index contributed by atoms with van der Waals surface area (Å²) in [5, 5.41) is 0. The zero-order valence-corrected chi connectivity index (χ0v) is 10.9. The Morgan fingerprint density at radius 3 is 2.29 bits per heavy atom. The van der Waals surface area contributed by atoms with Crippen LogP contribution in [0, 0.1) is 13.8 Å². The Hall–Kier alpha value is -0.860. The van der Waals surface area contributed by atoms with Gasteiger partial charge in [0, 0.05) is 6.04 Å². The van der Waals surface area contributed by atoms with Gasteiger partial charge in [0.1, 0.15) is 0 Å². The average Bonchev–Trinajstić information content (AvgIpc) is 2.31. The molecule has 0 aliphatic heterocycles. The molecule has 2 N–H and O–H groups in total. The van der Waals surface area contributed by atoms with Gasteiger partial charge in [0.15, 0.2) is 0 Å². The van der Waals surface area contributed by atoms with Crippen LogP contribution in [-0.2, 0) is 11.3 Å². The molecule has 0 bridgehead atoms. The lowest BCUT2D eigenvalue weighted by Gasteiger charge is -2.26. The number of ether oxygens (including phenoxy) is 1. The van der Waals surface area contributed by atoms with Crippen molar-refractivity contribution in [1.82, 2.24) is 0 Å². The van der Waals surface area contributed by atoms with Crippen molar-refractivity contribution in [1.29, 1.82) is 0 Å². The van der Waals surface area contributed by atoms with Crippen LogP contribution < -0.4 is 5.73 Å². The molecule has 1 saturated carbocycles. The summed E-state index contributed by atoms with van der Waals surface area (Å²) in [6, 6.07) is 6.81. The fraction of sp³-hybridized carbons (Fsp3) is 0.600. The van der Waals surface area contributed by atoms with Crippen LogP contribution in [0.15, 0.2) is 18.2 Å². The Balaban J connectivity index is 1.89. The Bertz CT molecular complexity index is 347. The van der Waals surface area contributed by atoms with E-state index >= 15 is 0 Å². The van der Waals surface area contributed by atoms with E-state index in [0.29, 0.717) is 12.1 Å². The van der Waals surface area contributed by atoms with E-state index in [9.17, 15) is 0 Å². The van der Waals surface area contributed by atoms with Gasteiger partial charge in [0.05, 0.1) is 12.7 Å². The SMILES string of the molecule is Cc1cccc(C)c1COC1CCC(N)CC1. The Kier molecular flexibility index (Phi) is 4.19. The Labute approximate surface area is 104 Å². The molecule has 0 heterocycles. The van der Waals surface area contributed by atoms with Crippen molar-refractivity contribution < 1.29 is 4.74 Å². The lowest BCUT2D eigenvalue weighted by molar-refractivity contribution is 0.0134. The van der Waals surface area contributed by atoms with Crippen LogP contribution in [0.1, 0.15) is 42.4 Å². The molecule has 1 aliphatic carbocycles. The summed E-state index contributed by atoms with van der Waals surface area (Å²) >= 11 is 0. The molecule has 2 rings (SSSR count). The Morgan fingerprint density at radius 1 is 1.12 bits per heavy atom. The smallest absolute Gasteiger partial charge is 0.0725 e. The molecule has 0 spiro atoms. The van der Waals surface area contributed by atoms with Crippen molar-refractivity contribution in [2.45, 2.75) is 58.3 Å². The van der Waals surface area contributed by atoms with Crippen LogP contribution in [0.25, 0.3) is 0 Å². The first kappa shape index (κ1) is 12.6. The largest absolute Gasteiger partial charge is 0.374 e. The highest BCUT2D eigenvalue weighted by Crippen LogP contribution is 2.22. The highest BCUT2D eigenvalue weighted by atomic mass is 16.5. The van der Waals surface area contributed by atoms with Gasteiger partial charge < -0.3 is 10.5 Å². The number of hydrogen-bond donors (Lipinski definition) is 1. The predicted molar refractivity (Wildman–Crippen MR) is 70.9 cm³/mol. The zero-order chi connectivity index (χ0) is 12.3. The summed E-state index contributed by atoms with van der Waals surface area (Å²) in [5.41, 5.74) is 9.91. The third-order valence-corrected chi connectivity index (χ3v) is 3.83. The van der Waals surface area contributed by atoms with Gasteiger partial charge >= 0.3 is 0 Å². The van der Waals surface area contributed by atoms with E-state index in [1.165, 1.54) is 16.7 Å². The molecule has 2 nitrogen and oxygen atoms in total. The van der Waals surface area contributed by atoms with Crippen molar-refractivity contribution in [2.75, 3.05) is 0 Å². The van der Waals surface area contributed by atoms with E-state index in [0.717, 1.165) is 32.3 Å². The maximum Gasteiger partial charge on any atom is 0.0725 e. The summed E-state index contributed by atoms with van der Waals surface area (Å²) < 4.78 is 6.02. The second-order valence-corrected chi connectivity index (χ2v) is 5.22. The van der Waals surface area contributed by atoms with Gasteiger partial charge in [0.2, 0.25) is 0 Å². The van der Waals surface area contributed by atoms with Gasteiger partial charge in [-0.3, -0.25) is 0 Å². The monoisotopic (exact) mass is 233 g/mol. The number of benzene rings is 1. The van der Waals surface area contributed by atoms with E-state index in [1.54, 1.807) is 0 Å². The zero-order valence-electron chi connectivity index (χ0n) is 10.9. The fourth-order valence-corrected chi connectivity index (χ4v) is 2.53. The van der Waals surface area contributed by atoms with Crippen molar-refractivity contribution in [3.63, 3.8) is 0 Å². The fourth-order valence-electron chi connectivity index (χ4n) is 2.53. The molecule has 1 aromatic rings. The molecule has 0 aromatic heterocycles. The van der Waals surface area contributed by atoms with Gasteiger partial charge in [-0.2, -0.15) is 0 Å². The van der Waals surface area contributed by atoms with Gasteiger partial charge in [-0.1, -0.05) is 18.2 Å². The third kappa shape index (κ3) is 3.30. The molecule has 0 amide bonds. The molecule has 0 saturated heterocycles. The van der Waals surface area contributed by atoms with Gasteiger partial charge in [-0.25, -0.2) is 0 Å². The van der Waals surface area contributed by atoms with Gasteiger partial charge in [0.25, 0.3) is 0 Å². The summed E-state index contributed by atoms with van der Waals surface area (Å²) in [5.74, 6) is 0. The first-order valence-corrected chi connectivity index (χ1v) is 6.59. The minimum atomic E-state index is 0.398. The molecule has 0 atom stereocenters. The lowest BCUT2D eigenvalue weighted by Crippen LogP contribution is -2.30. The molecular formula is C15H23NO. The molecule has 0 unspecified atom stereocenters. The number of hydrogen-bond acceptors (Lipinski definition) is 2. The minimum absolute atomic E-state index is 0.398. The van der Waals surface area contributed by atoms with E-state index in [2.05, 4.69) is 32.0 Å².